The lowest BCUT2D eigenvalue weighted by Crippen LogP contribution is -2.42. The van der Waals surface area contributed by atoms with Crippen LogP contribution in [-0.4, -0.2) is 37.8 Å². The molecule has 1 amide bonds. The second-order valence-electron chi connectivity index (χ2n) is 5.56. The minimum absolute atomic E-state index is 0.214. The van der Waals surface area contributed by atoms with Crippen molar-refractivity contribution >= 4 is 38.9 Å². The third-order valence-electron chi connectivity index (χ3n) is 3.99. The van der Waals surface area contributed by atoms with Gasteiger partial charge in [-0.3, -0.25) is 4.79 Å². The van der Waals surface area contributed by atoms with Crippen LogP contribution < -0.4 is 5.32 Å². The maximum Gasteiger partial charge on any atom is 0.252 e. The lowest BCUT2D eigenvalue weighted by Gasteiger charge is -2.23. The fourth-order valence-corrected chi connectivity index (χ4v) is 5.71. The highest BCUT2D eigenvalue weighted by Gasteiger charge is 2.35. The summed E-state index contributed by atoms with van der Waals surface area (Å²) in [6.07, 6.45) is 1.54. The largest absolute Gasteiger partial charge is 0.350 e. The molecule has 128 valence electrons. The van der Waals surface area contributed by atoms with Crippen molar-refractivity contribution in [3.8, 4) is 0 Å². The first-order valence-corrected chi connectivity index (χ1v) is 10.3. The molecule has 5 nitrogen and oxygen atoms in total. The van der Waals surface area contributed by atoms with E-state index >= 15 is 0 Å². The quantitative estimate of drug-likeness (QED) is 0.861. The molecule has 24 heavy (non-hydrogen) atoms. The van der Waals surface area contributed by atoms with Gasteiger partial charge >= 0.3 is 0 Å². The Hall–Kier alpha value is -1.41. The lowest BCUT2D eigenvalue weighted by molar-refractivity contribution is 0.0946. The molecule has 1 saturated heterocycles. The van der Waals surface area contributed by atoms with Gasteiger partial charge < -0.3 is 5.32 Å². The summed E-state index contributed by atoms with van der Waals surface area (Å²) in [5.41, 5.74) is 0.505. The highest BCUT2D eigenvalue weighted by atomic mass is 35.5. The van der Waals surface area contributed by atoms with E-state index in [1.807, 2.05) is 0 Å². The fraction of sp³-hybridized carbons (Fsp3) is 0.312. The maximum absolute atomic E-state index is 12.7. The molecular formula is C16H17ClN2O3S2. The summed E-state index contributed by atoms with van der Waals surface area (Å²) in [4.78, 5) is 12.2. The minimum atomic E-state index is -3.48. The van der Waals surface area contributed by atoms with E-state index in [4.69, 9.17) is 11.6 Å². The van der Waals surface area contributed by atoms with Crippen molar-refractivity contribution in [1.29, 1.82) is 0 Å². The summed E-state index contributed by atoms with van der Waals surface area (Å²) in [5.74, 6) is -0.230. The number of hydrogen-bond acceptors (Lipinski definition) is 4. The number of benzene rings is 1. The van der Waals surface area contributed by atoms with Gasteiger partial charge in [0.05, 0.1) is 0 Å². The zero-order valence-corrected chi connectivity index (χ0v) is 15.2. The van der Waals surface area contributed by atoms with Crippen LogP contribution in [0.1, 0.15) is 23.2 Å². The van der Waals surface area contributed by atoms with Crippen molar-refractivity contribution in [3.63, 3.8) is 0 Å². The Kier molecular flexibility index (Phi) is 5.24. The molecule has 2 aromatic rings. The molecule has 8 heteroatoms. The average molecular weight is 385 g/mol. The summed E-state index contributed by atoms with van der Waals surface area (Å²) >= 11 is 7.02. The number of nitrogens with zero attached hydrogens (tertiary/aromatic N) is 1. The molecule has 1 fully saturated rings. The number of rotatable bonds is 5. The van der Waals surface area contributed by atoms with Crippen LogP contribution in [-0.2, 0) is 10.0 Å². The van der Waals surface area contributed by atoms with Crippen molar-refractivity contribution in [2.75, 3.05) is 13.1 Å². The molecular weight excluding hydrogens is 368 g/mol. The predicted molar refractivity (Wildman–Crippen MR) is 95.0 cm³/mol. The Morgan fingerprint density at radius 3 is 2.71 bits per heavy atom. The molecule has 1 N–H and O–H groups in total. The number of nitrogens with one attached hydrogen (secondary N) is 1. The van der Waals surface area contributed by atoms with Gasteiger partial charge in [0.1, 0.15) is 4.21 Å². The summed E-state index contributed by atoms with van der Waals surface area (Å²) in [5, 5.41) is 5.14. The van der Waals surface area contributed by atoms with E-state index in [1.54, 1.807) is 41.8 Å². The number of hydrogen-bond donors (Lipinski definition) is 1. The molecule has 0 spiro atoms. The Morgan fingerprint density at radius 2 is 2.04 bits per heavy atom. The molecule has 3 rings (SSSR count). The van der Waals surface area contributed by atoms with Crippen LogP contribution in [0.4, 0.5) is 0 Å². The molecule has 1 aromatic heterocycles. The molecule has 0 aliphatic carbocycles. The first kappa shape index (κ1) is 17.4. The minimum Gasteiger partial charge on any atom is -0.350 e. The van der Waals surface area contributed by atoms with Crippen LogP contribution in [0.15, 0.2) is 46.0 Å². The molecule has 0 saturated carbocycles. The van der Waals surface area contributed by atoms with Gasteiger partial charge in [0.15, 0.2) is 0 Å². The summed E-state index contributed by atoms with van der Waals surface area (Å²) in [6, 6.07) is 9.72. The third kappa shape index (κ3) is 3.64. The second-order valence-corrected chi connectivity index (χ2v) is 9.06. The van der Waals surface area contributed by atoms with E-state index in [9.17, 15) is 13.2 Å². The number of carbonyl (C=O) groups is 1. The van der Waals surface area contributed by atoms with E-state index in [2.05, 4.69) is 5.32 Å². The smallest absolute Gasteiger partial charge is 0.252 e. The predicted octanol–water partition coefficient (Wildman–Crippen LogP) is 2.98. The molecule has 2 heterocycles. The van der Waals surface area contributed by atoms with Gasteiger partial charge in [-0.1, -0.05) is 17.7 Å². The standard InChI is InChI=1S/C16H17ClN2O3S2/c17-13-7-5-12(6-8-13)16(20)18-11-14-3-1-9-19(14)24(21,22)15-4-2-10-23-15/h2,4-8,10,14H,1,3,9,11H2,(H,18,20)/t14-/m0/s1. The van der Waals surface area contributed by atoms with Crippen LogP contribution in [0.3, 0.4) is 0 Å². The number of amides is 1. The molecule has 1 aliphatic rings. The molecule has 1 atom stereocenters. The molecule has 0 bridgehead atoms. The Bertz CT molecular complexity index is 804. The SMILES string of the molecule is O=C(NC[C@@H]1CCCN1S(=O)(=O)c1cccs1)c1ccc(Cl)cc1. The fourth-order valence-electron chi connectivity index (χ4n) is 2.77. The van der Waals surface area contributed by atoms with Gasteiger partial charge in [0.25, 0.3) is 15.9 Å². The van der Waals surface area contributed by atoms with Gasteiger partial charge in [-0.25, -0.2) is 8.42 Å². The third-order valence-corrected chi connectivity index (χ3v) is 7.56. The Labute approximate surface area is 150 Å². The topological polar surface area (TPSA) is 66.5 Å². The normalized spacial score (nSPS) is 18.6. The first-order valence-electron chi connectivity index (χ1n) is 7.57. The molecule has 1 aromatic carbocycles. The Morgan fingerprint density at radius 1 is 1.29 bits per heavy atom. The van der Waals surface area contributed by atoms with Crippen LogP contribution in [0.2, 0.25) is 5.02 Å². The summed E-state index contributed by atoms with van der Waals surface area (Å²) < 4.78 is 27.2. The van der Waals surface area contributed by atoms with E-state index < -0.39 is 10.0 Å². The lowest BCUT2D eigenvalue weighted by atomic mass is 10.2. The van der Waals surface area contributed by atoms with E-state index in [0.29, 0.717) is 27.9 Å². The highest BCUT2D eigenvalue weighted by Crippen LogP contribution is 2.28. The van der Waals surface area contributed by atoms with Crippen LogP contribution in [0.5, 0.6) is 0 Å². The monoisotopic (exact) mass is 384 g/mol. The van der Waals surface area contributed by atoms with Crippen molar-refractivity contribution in [3.05, 3.63) is 52.4 Å². The van der Waals surface area contributed by atoms with Crippen molar-refractivity contribution in [2.24, 2.45) is 0 Å². The summed E-state index contributed by atoms with van der Waals surface area (Å²) in [6.45, 7) is 0.785. The summed E-state index contributed by atoms with van der Waals surface area (Å²) in [7, 11) is -3.48. The van der Waals surface area contributed by atoms with Gasteiger partial charge in [-0.2, -0.15) is 4.31 Å². The molecule has 0 unspecified atom stereocenters. The van der Waals surface area contributed by atoms with Gasteiger partial charge in [-0.15, -0.1) is 11.3 Å². The number of thiophene rings is 1. The van der Waals surface area contributed by atoms with Crippen LogP contribution in [0, 0.1) is 0 Å². The van der Waals surface area contributed by atoms with E-state index in [1.165, 1.54) is 15.6 Å². The highest BCUT2D eigenvalue weighted by molar-refractivity contribution is 7.91. The van der Waals surface area contributed by atoms with E-state index in [-0.39, 0.29) is 11.9 Å². The van der Waals surface area contributed by atoms with Crippen LogP contribution >= 0.6 is 22.9 Å². The van der Waals surface area contributed by atoms with Gasteiger partial charge in [0, 0.05) is 29.7 Å². The van der Waals surface area contributed by atoms with Crippen LogP contribution in [0.25, 0.3) is 0 Å². The van der Waals surface area contributed by atoms with Gasteiger partial charge in [0.2, 0.25) is 0 Å². The van der Waals surface area contributed by atoms with Crippen molar-refractivity contribution < 1.29 is 13.2 Å². The molecule has 0 radical (unpaired) electrons. The van der Waals surface area contributed by atoms with Crippen molar-refractivity contribution in [1.82, 2.24) is 9.62 Å². The number of halogens is 1. The zero-order chi connectivity index (χ0) is 17.2. The first-order chi connectivity index (χ1) is 11.5. The van der Waals surface area contributed by atoms with Gasteiger partial charge in [-0.05, 0) is 48.6 Å². The van der Waals surface area contributed by atoms with Crippen molar-refractivity contribution in [2.45, 2.75) is 23.1 Å². The zero-order valence-electron chi connectivity index (χ0n) is 12.8. The Balaban J connectivity index is 1.66. The second kappa shape index (κ2) is 7.23. The molecule has 1 aliphatic heterocycles. The van der Waals surface area contributed by atoms with E-state index in [0.717, 1.165) is 12.8 Å². The average Bonchev–Trinajstić information content (AvgIpc) is 3.25. The maximum atomic E-state index is 12.7. The number of carbonyl (C=O) groups excluding carboxylic acids is 1. The number of sulfonamides is 1.